The van der Waals surface area contributed by atoms with Crippen LogP contribution >= 0.6 is 0 Å². The molecule has 3 heteroatoms. The predicted octanol–water partition coefficient (Wildman–Crippen LogP) is 0.487. The zero-order valence-electron chi connectivity index (χ0n) is 4.96. The highest BCUT2D eigenvalue weighted by molar-refractivity contribution is 6.03. The lowest BCUT2D eigenvalue weighted by atomic mass is 10.3. The molecule has 0 aliphatic heterocycles. The standard InChI is InChI=1S/C7H4O3/c8-4-2-1-3-5(6(3)9)7(4)10/h1-2,8,10H. The third-order valence-electron chi connectivity index (χ3n) is 1.57. The van der Waals surface area contributed by atoms with Gasteiger partial charge in [-0.3, -0.25) is 4.79 Å². The molecule has 0 saturated carbocycles. The van der Waals surface area contributed by atoms with Crippen LogP contribution in [0.3, 0.4) is 0 Å². The van der Waals surface area contributed by atoms with E-state index in [0.717, 1.165) is 0 Å². The third kappa shape index (κ3) is 0.424. The van der Waals surface area contributed by atoms with Gasteiger partial charge in [0.05, 0.1) is 5.39 Å². The summed E-state index contributed by atoms with van der Waals surface area (Å²) in [5, 5.41) is 18.6. The lowest BCUT2D eigenvalue weighted by molar-refractivity contribution is 0.409. The topological polar surface area (TPSA) is 57.5 Å². The van der Waals surface area contributed by atoms with Gasteiger partial charge in [0.2, 0.25) is 0 Å². The number of hydrogen-bond donors (Lipinski definition) is 2. The summed E-state index contributed by atoms with van der Waals surface area (Å²) in [6.45, 7) is 0. The summed E-state index contributed by atoms with van der Waals surface area (Å²) < 4.78 is 0. The van der Waals surface area contributed by atoms with E-state index in [1.165, 1.54) is 12.1 Å². The number of phenolic OH excluding ortho intramolecular Hbond substituents is 2. The molecule has 0 atom stereocenters. The maximum atomic E-state index is 10.6. The van der Waals surface area contributed by atoms with Gasteiger partial charge in [-0.25, -0.2) is 0 Å². The lowest BCUT2D eigenvalue weighted by Crippen LogP contribution is -1.68. The van der Waals surface area contributed by atoms with Gasteiger partial charge in [0.1, 0.15) is 0 Å². The Labute approximate surface area is 55.8 Å². The molecule has 2 rings (SSSR count). The molecular weight excluding hydrogens is 132 g/mol. The molecule has 0 bridgehead atoms. The van der Waals surface area contributed by atoms with Gasteiger partial charge in [-0.1, -0.05) is 0 Å². The van der Waals surface area contributed by atoms with Crippen molar-refractivity contribution < 1.29 is 10.2 Å². The van der Waals surface area contributed by atoms with E-state index in [9.17, 15) is 4.79 Å². The quantitative estimate of drug-likeness (QED) is 0.518. The van der Waals surface area contributed by atoms with E-state index in [1.54, 1.807) is 0 Å². The van der Waals surface area contributed by atoms with Gasteiger partial charge in [-0.15, -0.1) is 0 Å². The van der Waals surface area contributed by atoms with Crippen LogP contribution in [-0.2, 0) is 0 Å². The summed E-state index contributed by atoms with van der Waals surface area (Å²) in [6, 6.07) is 2.80. The van der Waals surface area contributed by atoms with Gasteiger partial charge in [0.25, 0.3) is 0 Å². The van der Waals surface area contributed by atoms with Crippen LogP contribution in [0.1, 0.15) is 0 Å². The normalized spacial score (nSPS) is 11.2. The highest BCUT2D eigenvalue weighted by Crippen LogP contribution is 2.34. The summed E-state index contributed by atoms with van der Waals surface area (Å²) >= 11 is 0. The maximum Gasteiger partial charge on any atom is 0.198 e. The van der Waals surface area contributed by atoms with Crippen molar-refractivity contribution in [3.05, 3.63) is 22.4 Å². The monoisotopic (exact) mass is 136 g/mol. The Balaban J connectivity index is 2.93. The summed E-state index contributed by atoms with van der Waals surface area (Å²) in [5.74, 6) is -0.521. The van der Waals surface area contributed by atoms with Gasteiger partial charge < -0.3 is 10.2 Å². The van der Waals surface area contributed by atoms with Gasteiger partial charge in [-0.2, -0.15) is 0 Å². The third-order valence-corrected chi connectivity index (χ3v) is 1.57. The molecule has 0 heterocycles. The first-order valence-corrected chi connectivity index (χ1v) is 2.81. The molecule has 2 aromatic carbocycles. The van der Waals surface area contributed by atoms with Crippen LogP contribution in [0.4, 0.5) is 0 Å². The fraction of sp³-hybridized carbons (Fsp3) is 0. The number of fused-ring (bicyclic) bond motifs is 1. The number of aromatic hydroxyl groups is 2. The van der Waals surface area contributed by atoms with Crippen LogP contribution in [0.5, 0.6) is 11.5 Å². The zero-order valence-corrected chi connectivity index (χ0v) is 4.96. The van der Waals surface area contributed by atoms with Crippen LogP contribution in [0.2, 0.25) is 0 Å². The average molecular weight is 136 g/mol. The minimum absolute atomic E-state index is 0.169. The van der Waals surface area contributed by atoms with Crippen molar-refractivity contribution in [2.24, 2.45) is 0 Å². The Kier molecular flexibility index (Phi) is 0.695. The zero-order chi connectivity index (χ0) is 7.30. The number of benzene rings is 1. The molecule has 0 amide bonds. The first kappa shape index (κ1) is 5.29. The van der Waals surface area contributed by atoms with E-state index in [2.05, 4.69) is 0 Å². The van der Waals surface area contributed by atoms with E-state index in [4.69, 9.17) is 10.2 Å². The molecule has 0 aromatic heterocycles. The molecule has 10 heavy (non-hydrogen) atoms. The first-order valence-electron chi connectivity index (χ1n) is 2.81. The highest BCUT2D eigenvalue weighted by atomic mass is 16.3. The van der Waals surface area contributed by atoms with Crippen LogP contribution in [0.25, 0.3) is 10.8 Å². The van der Waals surface area contributed by atoms with Crippen molar-refractivity contribution in [1.29, 1.82) is 0 Å². The van der Waals surface area contributed by atoms with Crippen LogP contribution in [0, 0.1) is 0 Å². The summed E-state index contributed by atoms with van der Waals surface area (Å²) in [6.07, 6.45) is 0. The molecule has 50 valence electrons. The van der Waals surface area contributed by atoms with Crippen molar-refractivity contribution in [3.63, 3.8) is 0 Å². The molecule has 0 aliphatic rings. The van der Waals surface area contributed by atoms with E-state index >= 15 is 0 Å². The van der Waals surface area contributed by atoms with Crippen molar-refractivity contribution in [1.82, 2.24) is 0 Å². The maximum absolute atomic E-state index is 10.6. The molecule has 0 unspecified atom stereocenters. The second-order valence-electron chi connectivity index (χ2n) is 2.18. The molecule has 3 nitrogen and oxygen atoms in total. The summed E-state index contributed by atoms with van der Waals surface area (Å²) in [7, 11) is 0. The van der Waals surface area contributed by atoms with Crippen molar-refractivity contribution >= 4 is 10.8 Å². The van der Waals surface area contributed by atoms with Crippen molar-refractivity contribution in [3.8, 4) is 11.5 Å². The summed E-state index contributed by atoms with van der Waals surface area (Å²) in [4.78, 5) is 10.6. The molecule has 0 radical (unpaired) electrons. The Morgan fingerprint density at radius 3 is 2.50 bits per heavy atom. The molecule has 0 fully saturated rings. The molecule has 2 aromatic rings. The predicted molar refractivity (Wildman–Crippen MR) is 35.9 cm³/mol. The molecule has 0 saturated heterocycles. The van der Waals surface area contributed by atoms with E-state index in [1.807, 2.05) is 0 Å². The largest absolute Gasteiger partial charge is 0.504 e. The Bertz CT molecular complexity index is 407. The number of phenols is 2. The van der Waals surface area contributed by atoms with Crippen LogP contribution < -0.4 is 5.43 Å². The van der Waals surface area contributed by atoms with Gasteiger partial charge in [0, 0.05) is 5.39 Å². The SMILES string of the molecule is O=c1c2ccc(O)c(O)c12. The average Bonchev–Trinajstić information content (AvgIpc) is 2.54. The van der Waals surface area contributed by atoms with E-state index in [-0.39, 0.29) is 22.3 Å². The fourth-order valence-corrected chi connectivity index (χ4v) is 0.947. The second kappa shape index (κ2) is 1.31. The second-order valence-corrected chi connectivity index (χ2v) is 2.18. The van der Waals surface area contributed by atoms with Crippen LogP contribution in [0.15, 0.2) is 16.9 Å². The number of rotatable bonds is 0. The Hall–Kier alpha value is -1.51. The Morgan fingerprint density at radius 1 is 1.20 bits per heavy atom. The first-order chi connectivity index (χ1) is 4.72. The van der Waals surface area contributed by atoms with Crippen LogP contribution in [-0.4, -0.2) is 10.2 Å². The molecule has 0 spiro atoms. The minimum Gasteiger partial charge on any atom is -0.504 e. The Morgan fingerprint density at radius 2 is 1.90 bits per heavy atom. The van der Waals surface area contributed by atoms with Gasteiger partial charge >= 0.3 is 0 Å². The summed E-state index contributed by atoms with van der Waals surface area (Å²) in [5.41, 5.74) is -0.169. The van der Waals surface area contributed by atoms with Crippen molar-refractivity contribution in [2.75, 3.05) is 0 Å². The molecule has 0 aliphatic carbocycles. The van der Waals surface area contributed by atoms with E-state index in [0.29, 0.717) is 5.39 Å². The van der Waals surface area contributed by atoms with E-state index < -0.39 is 0 Å². The molecule has 2 N–H and O–H groups in total. The van der Waals surface area contributed by atoms with Crippen molar-refractivity contribution in [2.45, 2.75) is 0 Å². The smallest absolute Gasteiger partial charge is 0.198 e. The van der Waals surface area contributed by atoms with Gasteiger partial charge in [0.15, 0.2) is 16.9 Å². The lowest BCUT2D eigenvalue weighted by Gasteiger charge is -1.89. The fourth-order valence-electron chi connectivity index (χ4n) is 0.947. The number of hydrogen-bond acceptors (Lipinski definition) is 3. The minimum atomic E-state index is -0.289. The highest BCUT2D eigenvalue weighted by Gasteiger charge is 2.18. The molecular formula is C7H4O3. The van der Waals surface area contributed by atoms with Gasteiger partial charge in [-0.05, 0) is 12.1 Å².